The van der Waals surface area contributed by atoms with Crippen LogP contribution in [0.1, 0.15) is 43.0 Å². The molecule has 1 saturated heterocycles. The number of hydrogen-bond acceptors (Lipinski definition) is 3. The molecule has 25 heavy (non-hydrogen) atoms. The molecule has 0 radical (unpaired) electrons. The van der Waals surface area contributed by atoms with E-state index in [1.165, 1.54) is 6.42 Å². The molecular formula is C19H29N3O3. The first kappa shape index (κ1) is 19.2. The molecule has 1 fully saturated rings. The Morgan fingerprint density at radius 2 is 2.00 bits per heavy atom. The molecule has 1 aromatic rings. The molecule has 1 aromatic carbocycles. The van der Waals surface area contributed by atoms with Crippen LogP contribution in [0.4, 0.5) is 10.5 Å². The molecule has 0 bridgehead atoms. The van der Waals surface area contributed by atoms with Crippen LogP contribution in [0.2, 0.25) is 0 Å². The van der Waals surface area contributed by atoms with Crippen LogP contribution in [-0.4, -0.2) is 61.6 Å². The van der Waals surface area contributed by atoms with Crippen LogP contribution in [-0.2, 0) is 4.74 Å². The summed E-state index contributed by atoms with van der Waals surface area (Å²) in [5.41, 5.74) is 1.35. The van der Waals surface area contributed by atoms with Crippen LogP contribution in [0.15, 0.2) is 24.3 Å². The van der Waals surface area contributed by atoms with E-state index in [4.69, 9.17) is 4.74 Å². The second-order valence-electron chi connectivity index (χ2n) is 6.62. The lowest BCUT2D eigenvalue weighted by Gasteiger charge is -2.33. The van der Waals surface area contributed by atoms with Crippen molar-refractivity contribution in [2.24, 2.45) is 0 Å². The molecule has 1 unspecified atom stereocenters. The average Bonchev–Trinajstić information content (AvgIpc) is 2.62. The molecule has 1 N–H and O–H groups in total. The fourth-order valence-electron chi connectivity index (χ4n) is 3.03. The highest BCUT2D eigenvalue weighted by Crippen LogP contribution is 2.20. The van der Waals surface area contributed by atoms with E-state index in [1.807, 2.05) is 4.90 Å². The Morgan fingerprint density at radius 1 is 1.28 bits per heavy atom. The lowest BCUT2D eigenvalue weighted by Crippen LogP contribution is -2.42. The molecule has 0 aliphatic carbocycles. The molecule has 1 atom stereocenters. The van der Waals surface area contributed by atoms with Crippen LogP contribution < -0.4 is 5.32 Å². The minimum absolute atomic E-state index is 0.0711. The quantitative estimate of drug-likeness (QED) is 0.804. The van der Waals surface area contributed by atoms with Crippen molar-refractivity contribution >= 4 is 17.6 Å². The number of likely N-dealkylation sites (tertiary alicyclic amines) is 1. The molecule has 2 rings (SSSR count). The van der Waals surface area contributed by atoms with E-state index >= 15 is 0 Å². The van der Waals surface area contributed by atoms with Gasteiger partial charge in [-0.15, -0.1) is 0 Å². The van der Waals surface area contributed by atoms with E-state index in [-0.39, 0.29) is 11.9 Å². The fourth-order valence-corrected chi connectivity index (χ4v) is 3.03. The van der Waals surface area contributed by atoms with Crippen LogP contribution in [0, 0.1) is 0 Å². The predicted molar refractivity (Wildman–Crippen MR) is 98.9 cm³/mol. The van der Waals surface area contributed by atoms with Crippen molar-refractivity contribution < 1.29 is 14.3 Å². The number of benzene rings is 1. The fraction of sp³-hybridized carbons (Fsp3) is 0.579. The van der Waals surface area contributed by atoms with E-state index in [1.54, 1.807) is 43.3 Å². The smallest absolute Gasteiger partial charge is 0.321 e. The van der Waals surface area contributed by atoms with Crippen LogP contribution in [0.25, 0.3) is 0 Å². The van der Waals surface area contributed by atoms with Gasteiger partial charge in [0.2, 0.25) is 0 Å². The molecule has 138 valence electrons. The third-order valence-electron chi connectivity index (χ3n) is 4.64. The monoisotopic (exact) mass is 347 g/mol. The van der Waals surface area contributed by atoms with Gasteiger partial charge in [0, 0.05) is 51.1 Å². The van der Waals surface area contributed by atoms with Crippen molar-refractivity contribution in [1.29, 1.82) is 0 Å². The van der Waals surface area contributed by atoms with Gasteiger partial charge in [0.05, 0.1) is 0 Å². The summed E-state index contributed by atoms with van der Waals surface area (Å²) in [7, 11) is 3.40. The van der Waals surface area contributed by atoms with E-state index in [9.17, 15) is 9.59 Å². The van der Waals surface area contributed by atoms with Crippen molar-refractivity contribution in [2.75, 3.05) is 39.2 Å². The first-order valence-corrected chi connectivity index (χ1v) is 8.95. The van der Waals surface area contributed by atoms with Gasteiger partial charge in [0.15, 0.2) is 0 Å². The van der Waals surface area contributed by atoms with Gasteiger partial charge < -0.3 is 19.9 Å². The van der Waals surface area contributed by atoms with Crippen LogP contribution >= 0.6 is 0 Å². The Balaban J connectivity index is 1.90. The van der Waals surface area contributed by atoms with Gasteiger partial charge in [0.25, 0.3) is 5.91 Å². The van der Waals surface area contributed by atoms with Crippen molar-refractivity contribution in [1.82, 2.24) is 9.80 Å². The van der Waals surface area contributed by atoms with Crippen molar-refractivity contribution in [3.63, 3.8) is 0 Å². The molecule has 1 aliphatic rings. The summed E-state index contributed by atoms with van der Waals surface area (Å²) in [5, 5.41) is 2.84. The molecule has 6 nitrogen and oxygen atoms in total. The van der Waals surface area contributed by atoms with E-state index in [2.05, 4.69) is 12.2 Å². The highest BCUT2D eigenvalue weighted by molar-refractivity contribution is 5.95. The van der Waals surface area contributed by atoms with Crippen molar-refractivity contribution in [3.8, 4) is 0 Å². The largest absolute Gasteiger partial charge is 0.385 e. The van der Waals surface area contributed by atoms with Crippen LogP contribution in [0.5, 0.6) is 0 Å². The van der Waals surface area contributed by atoms with Gasteiger partial charge in [-0.25, -0.2) is 4.79 Å². The topological polar surface area (TPSA) is 61.9 Å². The minimum atomic E-state index is -0.167. The van der Waals surface area contributed by atoms with Gasteiger partial charge >= 0.3 is 6.03 Å². The summed E-state index contributed by atoms with van der Waals surface area (Å²) in [6.45, 7) is 4.18. The maximum atomic E-state index is 12.6. The van der Waals surface area contributed by atoms with Gasteiger partial charge in [-0.2, -0.15) is 0 Å². The summed E-state index contributed by atoms with van der Waals surface area (Å²) in [6.07, 6.45) is 4.12. The lowest BCUT2D eigenvalue weighted by atomic mass is 10.0. The Labute approximate surface area is 150 Å². The van der Waals surface area contributed by atoms with E-state index < -0.39 is 0 Å². The standard InChI is InChI=1S/C19H29N3O3/c1-15-7-4-5-13-22(15)18(23)16-8-10-17(11-9-16)20-19(24)21(2)12-6-14-25-3/h8-11,15H,4-7,12-14H2,1-3H3,(H,20,24). The van der Waals surface area contributed by atoms with E-state index in [0.717, 1.165) is 25.8 Å². The molecule has 1 aliphatic heterocycles. The van der Waals surface area contributed by atoms with Gasteiger partial charge in [0.1, 0.15) is 0 Å². The Kier molecular flexibility index (Phi) is 7.25. The first-order valence-electron chi connectivity index (χ1n) is 8.95. The van der Waals surface area contributed by atoms with Crippen molar-refractivity contribution in [2.45, 2.75) is 38.6 Å². The number of urea groups is 1. The molecule has 3 amide bonds. The summed E-state index contributed by atoms with van der Waals surface area (Å²) in [6, 6.07) is 7.25. The zero-order valence-corrected chi connectivity index (χ0v) is 15.5. The summed E-state index contributed by atoms with van der Waals surface area (Å²) in [5.74, 6) is 0.0711. The highest BCUT2D eigenvalue weighted by Gasteiger charge is 2.24. The number of carbonyl (C=O) groups excluding carboxylic acids is 2. The number of ether oxygens (including phenoxy) is 1. The van der Waals surface area contributed by atoms with Crippen LogP contribution in [0.3, 0.4) is 0 Å². The third-order valence-corrected chi connectivity index (χ3v) is 4.64. The SMILES string of the molecule is COCCCN(C)C(=O)Nc1ccc(C(=O)N2CCCCC2C)cc1. The number of piperidine rings is 1. The second kappa shape index (κ2) is 9.42. The zero-order chi connectivity index (χ0) is 18.2. The Bertz CT molecular complexity index is 574. The number of methoxy groups -OCH3 is 1. The highest BCUT2D eigenvalue weighted by atomic mass is 16.5. The number of carbonyl (C=O) groups is 2. The van der Waals surface area contributed by atoms with E-state index in [0.29, 0.717) is 30.4 Å². The summed E-state index contributed by atoms with van der Waals surface area (Å²) >= 11 is 0. The van der Waals surface area contributed by atoms with Gasteiger partial charge in [-0.1, -0.05) is 0 Å². The molecular weight excluding hydrogens is 318 g/mol. The molecule has 1 heterocycles. The van der Waals surface area contributed by atoms with Gasteiger partial charge in [-0.3, -0.25) is 4.79 Å². The number of nitrogens with one attached hydrogen (secondary N) is 1. The zero-order valence-electron chi connectivity index (χ0n) is 15.5. The number of anilines is 1. The third kappa shape index (κ3) is 5.46. The minimum Gasteiger partial charge on any atom is -0.385 e. The lowest BCUT2D eigenvalue weighted by molar-refractivity contribution is 0.0635. The Morgan fingerprint density at radius 3 is 2.64 bits per heavy atom. The predicted octanol–water partition coefficient (Wildman–Crippen LogP) is 3.20. The average molecular weight is 347 g/mol. The normalized spacial score (nSPS) is 17.2. The maximum absolute atomic E-state index is 12.6. The second-order valence-corrected chi connectivity index (χ2v) is 6.62. The molecule has 0 spiro atoms. The van der Waals surface area contributed by atoms with Gasteiger partial charge in [-0.05, 0) is 56.9 Å². The Hall–Kier alpha value is -2.08. The number of rotatable bonds is 6. The number of amides is 3. The first-order chi connectivity index (χ1) is 12.0. The molecule has 0 aromatic heterocycles. The number of hydrogen-bond donors (Lipinski definition) is 1. The maximum Gasteiger partial charge on any atom is 0.321 e. The number of nitrogens with zero attached hydrogens (tertiary/aromatic N) is 2. The van der Waals surface area contributed by atoms with Crippen molar-refractivity contribution in [3.05, 3.63) is 29.8 Å². The summed E-state index contributed by atoms with van der Waals surface area (Å²) in [4.78, 5) is 28.3. The molecule has 6 heteroatoms. The summed E-state index contributed by atoms with van der Waals surface area (Å²) < 4.78 is 4.99. The molecule has 0 saturated carbocycles.